The molecule has 0 aromatic rings. The van der Waals surface area contributed by atoms with Gasteiger partial charge in [0.15, 0.2) is 0 Å². The first kappa shape index (κ1) is 14.3. The van der Waals surface area contributed by atoms with Crippen molar-refractivity contribution < 1.29 is 5.11 Å². The van der Waals surface area contributed by atoms with Gasteiger partial charge in [-0.3, -0.25) is 0 Å². The average Bonchev–Trinajstić information content (AvgIpc) is 2.88. The van der Waals surface area contributed by atoms with Crippen molar-refractivity contribution in [2.75, 3.05) is 0 Å². The first-order valence-corrected chi connectivity index (χ1v) is 9.45. The molecule has 1 N–H and O–H groups in total. The molecule has 0 bridgehead atoms. The predicted molar refractivity (Wildman–Crippen MR) is 86.9 cm³/mol. The highest BCUT2D eigenvalue weighted by Gasteiger charge is 2.58. The zero-order valence-electron chi connectivity index (χ0n) is 13.9. The van der Waals surface area contributed by atoms with Gasteiger partial charge in [0.1, 0.15) is 0 Å². The van der Waals surface area contributed by atoms with Gasteiger partial charge in [0, 0.05) is 5.41 Å². The molecule has 0 aromatic heterocycles. The van der Waals surface area contributed by atoms with E-state index in [1.807, 2.05) is 0 Å². The minimum Gasteiger partial charge on any atom is -0.392 e. The van der Waals surface area contributed by atoms with Gasteiger partial charge in [-0.15, -0.1) is 0 Å². The third-order valence-corrected chi connectivity index (χ3v) is 8.15. The van der Waals surface area contributed by atoms with Crippen LogP contribution in [0, 0.1) is 28.6 Å². The van der Waals surface area contributed by atoms with Crippen LogP contribution >= 0.6 is 0 Å². The van der Waals surface area contributed by atoms with E-state index >= 15 is 0 Å². The number of hydrogen-bond acceptors (Lipinski definition) is 1. The molecule has 0 saturated heterocycles. The van der Waals surface area contributed by atoms with Crippen LogP contribution in [0.25, 0.3) is 0 Å². The van der Waals surface area contributed by atoms with E-state index in [2.05, 4.69) is 19.9 Å². The van der Waals surface area contributed by atoms with Gasteiger partial charge in [-0.1, -0.05) is 31.4 Å². The fraction of sp³-hybridized carbons (Fsp3) is 0.900. The second kappa shape index (κ2) is 4.85. The Bertz CT molecular complexity index is 451. The number of allylic oxidation sites excluding steroid dienone is 1. The van der Waals surface area contributed by atoms with Crippen molar-refractivity contribution >= 4 is 0 Å². The minimum absolute atomic E-state index is 0.150. The molecule has 0 aliphatic heterocycles. The summed E-state index contributed by atoms with van der Waals surface area (Å²) >= 11 is 0. The van der Waals surface area contributed by atoms with Gasteiger partial charge in [0.05, 0.1) is 6.10 Å². The highest BCUT2D eigenvalue weighted by Crippen LogP contribution is 2.65. The van der Waals surface area contributed by atoms with Crippen LogP contribution in [0.1, 0.15) is 78.1 Å². The molecule has 0 radical (unpaired) electrons. The second-order valence-corrected chi connectivity index (χ2v) is 8.85. The third kappa shape index (κ3) is 1.85. The summed E-state index contributed by atoms with van der Waals surface area (Å²) in [6.07, 6.45) is 16.1. The third-order valence-electron chi connectivity index (χ3n) is 8.15. The van der Waals surface area contributed by atoms with Crippen LogP contribution in [0.4, 0.5) is 0 Å². The summed E-state index contributed by atoms with van der Waals surface area (Å²) in [6.45, 7) is 4.65. The van der Waals surface area contributed by atoms with E-state index in [1.54, 1.807) is 5.57 Å². The standard InChI is InChI=1S/C20H32O/c1-14(21)20-12-4-3-6-15(20)8-9-16-17-7-5-11-19(17,2)13-10-18(16)20/h8,14,16-18,21H,3-7,9-13H2,1-2H3/t14?,16-,17-,18+,19-,20+/m0/s1. The molecule has 1 unspecified atom stereocenters. The molecule has 0 heterocycles. The molecule has 4 aliphatic carbocycles. The molecule has 3 saturated carbocycles. The van der Waals surface area contributed by atoms with Crippen LogP contribution in [0.5, 0.6) is 0 Å². The highest BCUT2D eigenvalue weighted by molar-refractivity contribution is 5.26. The Balaban J connectivity index is 1.74. The van der Waals surface area contributed by atoms with Crippen molar-refractivity contribution in [3.8, 4) is 0 Å². The molecule has 0 amide bonds. The van der Waals surface area contributed by atoms with Gasteiger partial charge in [-0.05, 0) is 81.5 Å². The molecule has 0 aromatic carbocycles. The molecular formula is C20H32O. The van der Waals surface area contributed by atoms with Gasteiger partial charge < -0.3 is 5.11 Å². The van der Waals surface area contributed by atoms with E-state index in [-0.39, 0.29) is 11.5 Å². The molecule has 1 heteroatoms. The van der Waals surface area contributed by atoms with Crippen LogP contribution in [-0.4, -0.2) is 11.2 Å². The lowest BCUT2D eigenvalue weighted by Crippen LogP contribution is -2.53. The summed E-state index contributed by atoms with van der Waals surface area (Å²) in [7, 11) is 0. The summed E-state index contributed by atoms with van der Waals surface area (Å²) in [6, 6.07) is 0. The van der Waals surface area contributed by atoms with Crippen LogP contribution < -0.4 is 0 Å². The summed E-state index contributed by atoms with van der Waals surface area (Å²) in [5, 5.41) is 10.8. The lowest BCUT2D eigenvalue weighted by Gasteiger charge is -2.59. The highest BCUT2D eigenvalue weighted by atomic mass is 16.3. The number of aliphatic hydroxyl groups is 1. The molecule has 1 nitrogen and oxygen atoms in total. The molecule has 118 valence electrons. The number of hydrogen-bond donors (Lipinski definition) is 1. The molecular weight excluding hydrogens is 256 g/mol. The Morgan fingerprint density at radius 3 is 2.76 bits per heavy atom. The molecule has 3 fully saturated rings. The Kier molecular flexibility index (Phi) is 3.30. The first-order chi connectivity index (χ1) is 10.1. The van der Waals surface area contributed by atoms with E-state index in [4.69, 9.17) is 0 Å². The van der Waals surface area contributed by atoms with Crippen molar-refractivity contribution in [1.29, 1.82) is 0 Å². The van der Waals surface area contributed by atoms with E-state index in [9.17, 15) is 5.11 Å². The van der Waals surface area contributed by atoms with E-state index in [0.29, 0.717) is 5.41 Å². The van der Waals surface area contributed by atoms with Gasteiger partial charge in [0.25, 0.3) is 0 Å². The summed E-state index contributed by atoms with van der Waals surface area (Å²) in [4.78, 5) is 0. The lowest BCUT2D eigenvalue weighted by molar-refractivity contribution is -0.0838. The van der Waals surface area contributed by atoms with Crippen molar-refractivity contribution in [2.45, 2.75) is 84.2 Å². The van der Waals surface area contributed by atoms with Gasteiger partial charge >= 0.3 is 0 Å². The fourth-order valence-corrected chi connectivity index (χ4v) is 7.16. The molecule has 4 aliphatic rings. The van der Waals surface area contributed by atoms with Crippen LogP contribution in [0.15, 0.2) is 11.6 Å². The fourth-order valence-electron chi connectivity index (χ4n) is 7.16. The van der Waals surface area contributed by atoms with Gasteiger partial charge in [0.2, 0.25) is 0 Å². The largest absolute Gasteiger partial charge is 0.392 e. The number of rotatable bonds is 1. The SMILES string of the molecule is CC(O)[C@]12CCCCC1=CC[C@@H]1[C@H]2CC[C@]2(C)CCC[C@@H]12. The van der Waals surface area contributed by atoms with Crippen molar-refractivity contribution in [3.05, 3.63) is 11.6 Å². The average molecular weight is 288 g/mol. The van der Waals surface area contributed by atoms with Crippen molar-refractivity contribution in [1.82, 2.24) is 0 Å². The summed E-state index contributed by atoms with van der Waals surface area (Å²) in [5.41, 5.74) is 2.43. The zero-order valence-corrected chi connectivity index (χ0v) is 13.9. The monoisotopic (exact) mass is 288 g/mol. The maximum Gasteiger partial charge on any atom is 0.0608 e. The summed E-state index contributed by atoms with van der Waals surface area (Å²) in [5.74, 6) is 2.57. The number of fused-ring (bicyclic) bond motifs is 5. The smallest absolute Gasteiger partial charge is 0.0608 e. The van der Waals surface area contributed by atoms with Crippen molar-refractivity contribution in [3.63, 3.8) is 0 Å². The van der Waals surface area contributed by atoms with Crippen molar-refractivity contribution in [2.24, 2.45) is 28.6 Å². The topological polar surface area (TPSA) is 20.2 Å². The summed E-state index contributed by atoms with van der Waals surface area (Å²) < 4.78 is 0. The molecule has 21 heavy (non-hydrogen) atoms. The quantitative estimate of drug-likeness (QED) is 0.666. The van der Waals surface area contributed by atoms with Gasteiger partial charge in [-0.2, -0.15) is 0 Å². The Morgan fingerprint density at radius 1 is 1.10 bits per heavy atom. The van der Waals surface area contributed by atoms with E-state index in [0.717, 1.165) is 17.8 Å². The molecule has 0 spiro atoms. The van der Waals surface area contributed by atoms with E-state index < -0.39 is 0 Å². The molecule has 6 atom stereocenters. The minimum atomic E-state index is -0.150. The first-order valence-electron chi connectivity index (χ1n) is 9.45. The van der Waals surface area contributed by atoms with Gasteiger partial charge in [-0.25, -0.2) is 0 Å². The normalized spacial score (nSPS) is 50.6. The number of aliphatic hydroxyl groups excluding tert-OH is 1. The van der Waals surface area contributed by atoms with Crippen LogP contribution in [0.3, 0.4) is 0 Å². The lowest BCUT2D eigenvalue weighted by atomic mass is 9.46. The second-order valence-electron chi connectivity index (χ2n) is 8.85. The molecule has 4 rings (SSSR count). The maximum atomic E-state index is 10.8. The maximum absolute atomic E-state index is 10.8. The van der Waals surface area contributed by atoms with Crippen LogP contribution in [-0.2, 0) is 0 Å². The zero-order chi connectivity index (χ0) is 14.7. The Hall–Kier alpha value is -0.300. The van der Waals surface area contributed by atoms with Crippen LogP contribution in [0.2, 0.25) is 0 Å². The Labute approximate surface area is 130 Å². The predicted octanol–water partition coefficient (Wildman–Crippen LogP) is 5.09. The Morgan fingerprint density at radius 2 is 1.95 bits per heavy atom. The van der Waals surface area contributed by atoms with E-state index in [1.165, 1.54) is 64.2 Å².